The maximum absolute atomic E-state index is 13.6. The number of aliphatic hydroxyl groups excluding tert-OH is 2. The summed E-state index contributed by atoms with van der Waals surface area (Å²) < 4.78 is 36.7. The fourth-order valence-electron chi connectivity index (χ4n) is 11.3. The van der Waals surface area contributed by atoms with E-state index >= 15 is 0 Å². The molecule has 12 nitrogen and oxygen atoms in total. The molecule has 7 rings (SSSR count). The lowest BCUT2D eigenvalue weighted by Gasteiger charge is -2.65. The van der Waals surface area contributed by atoms with Crippen LogP contribution in [0.25, 0.3) is 0 Å². The van der Waals surface area contributed by atoms with Gasteiger partial charge in [0, 0.05) is 65.2 Å². The Morgan fingerprint density at radius 1 is 1.00 bits per heavy atom. The van der Waals surface area contributed by atoms with Crippen LogP contribution < -0.4 is 0 Å². The highest BCUT2D eigenvalue weighted by molar-refractivity contribution is 5.89. The maximum atomic E-state index is 13.6. The Morgan fingerprint density at radius 3 is 2.34 bits per heavy atom. The van der Waals surface area contributed by atoms with E-state index in [1.165, 1.54) is 14.0 Å². The SMILES string of the molecule is COC[C@]12C=N[C@@H]3[C@@H]4[C@H](OC)[C@H]1[C@@]3([C@@H](OC)CC2O)[C@@H]1C[C@]2(O)[C@H](OC(=O)c3ccccc3)[C@@H]1[C@]4(OC(C)=O)[C@@H](O)[C@@H]2OC. The molecule has 0 amide bonds. The minimum atomic E-state index is -1.85. The third kappa shape index (κ3) is 3.30. The quantitative estimate of drug-likeness (QED) is 0.347. The van der Waals surface area contributed by atoms with Crippen molar-refractivity contribution >= 4 is 18.2 Å². The number of benzene rings is 1. The Labute approximate surface area is 255 Å². The van der Waals surface area contributed by atoms with Gasteiger partial charge in [0.25, 0.3) is 0 Å². The summed E-state index contributed by atoms with van der Waals surface area (Å²) in [4.78, 5) is 31.8. The van der Waals surface area contributed by atoms with E-state index in [1.54, 1.807) is 57.9 Å². The van der Waals surface area contributed by atoms with E-state index < -0.39 is 100 Å². The molecule has 1 aliphatic heterocycles. The maximum Gasteiger partial charge on any atom is 0.338 e. The van der Waals surface area contributed by atoms with Crippen LogP contribution in [0.3, 0.4) is 0 Å². The summed E-state index contributed by atoms with van der Waals surface area (Å²) >= 11 is 0. The van der Waals surface area contributed by atoms with Crippen molar-refractivity contribution in [2.45, 2.75) is 73.6 Å². The third-order valence-corrected chi connectivity index (χ3v) is 12.2. The van der Waals surface area contributed by atoms with E-state index in [0.717, 1.165) is 0 Å². The number of nitrogens with zero attached hydrogens (tertiary/aromatic N) is 1. The minimum absolute atomic E-state index is 0.0354. The van der Waals surface area contributed by atoms with Gasteiger partial charge in [-0.1, -0.05) is 18.2 Å². The second kappa shape index (κ2) is 10.0. The molecular weight excluding hydrogens is 574 g/mol. The first kappa shape index (κ1) is 30.2. The predicted molar refractivity (Wildman–Crippen MR) is 152 cm³/mol. The zero-order valence-electron chi connectivity index (χ0n) is 25.5. The van der Waals surface area contributed by atoms with Crippen molar-refractivity contribution in [3.05, 3.63) is 35.9 Å². The van der Waals surface area contributed by atoms with E-state index in [9.17, 15) is 24.9 Å². The van der Waals surface area contributed by atoms with Crippen LogP contribution in [-0.2, 0) is 33.2 Å². The highest BCUT2D eigenvalue weighted by Gasteiger charge is 2.91. The van der Waals surface area contributed by atoms with Crippen LogP contribution in [0.2, 0.25) is 0 Å². The summed E-state index contributed by atoms with van der Waals surface area (Å²) in [6.07, 6.45) is -4.13. The normalized spacial score (nSPS) is 50.8. The molecule has 12 heteroatoms. The van der Waals surface area contributed by atoms with Gasteiger partial charge < -0.3 is 43.7 Å². The van der Waals surface area contributed by atoms with Crippen molar-refractivity contribution in [2.75, 3.05) is 35.0 Å². The molecule has 3 N–H and O–H groups in total. The molecule has 1 aromatic carbocycles. The lowest BCUT2D eigenvalue weighted by molar-refractivity contribution is -0.305. The second-order valence-electron chi connectivity index (χ2n) is 13.5. The van der Waals surface area contributed by atoms with Gasteiger partial charge in [-0.25, -0.2) is 4.79 Å². The number of rotatable bonds is 8. The van der Waals surface area contributed by atoms with E-state index in [1.807, 2.05) is 0 Å². The molecule has 0 radical (unpaired) electrons. The Bertz CT molecular complexity index is 1360. The van der Waals surface area contributed by atoms with Crippen LogP contribution in [0, 0.1) is 34.5 Å². The molecule has 5 fully saturated rings. The highest BCUT2D eigenvalue weighted by Crippen LogP contribution is 2.79. The number of aliphatic imine (C=N–C) groups is 1. The standard InChI is InChI=1S/C32H41NO11/c1-15(34)44-32-20-17(12-30(38,27(42-5)25(32)36)26(20)43-28(37)16-9-7-6-8-10-16)31-19(40-3)11-18(35)29(14-39-2)13-33-24(31)21(32)22(41-4)23(29)31/h6-10,13,17-27,35-36,38H,11-12,14H2,1-5H3/t17-,18?,19+,20-,21+,22+,23-,24-,25+,26-,27+,29+,30+,31+,32-/m1/s1. The molecule has 5 aliphatic carbocycles. The fraction of sp³-hybridized carbons (Fsp3) is 0.719. The molecule has 0 saturated heterocycles. The van der Waals surface area contributed by atoms with Crippen molar-refractivity contribution in [3.63, 3.8) is 0 Å². The van der Waals surface area contributed by atoms with Crippen molar-refractivity contribution < 1.29 is 53.3 Å². The molecule has 0 aromatic heterocycles. The van der Waals surface area contributed by atoms with E-state index in [2.05, 4.69) is 0 Å². The number of hydrogen-bond acceptors (Lipinski definition) is 12. The topological polar surface area (TPSA) is 163 Å². The molecule has 1 aromatic rings. The summed E-state index contributed by atoms with van der Waals surface area (Å²) in [5, 5.41) is 36.7. The van der Waals surface area contributed by atoms with Crippen molar-refractivity contribution in [1.29, 1.82) is 0 Å². The Hall–Kier alpha value is -2.45. The molecule has 1 heterocycles. The number of carbonyl (C=O) groups excluding carboxylic acids is 2. The van der Waals surface area contributed by atoms with E-state index in [-0.39, 0.29) is 25.0 Å². The van der Waals surface area contributed by atoms with Gasteiger partial charge in [0.2, 0.25) is 0 Å². The summed E-state index contributed by atoms with van der Waals surface area (Å²) in [6.45, 7) is 1.40. The van der Waals surface area contributed by atoms with Crippen LogP contribution in [-0.4, -0.2) is 122 Å². The first-order valence-corrected chi connectivity index (χ1v) is 15.2. The number of esters is 2. The Balaban J connectivity index is 1.50. The smallest absolute Gasteiger partial charge is 0.338 e. The zero-order valence-corrected chi connectivity index (χ0v) is 25.5. The predicted octanol–water partition coefficient (Wildman–Crippen LogP) is 0.397. The minimum Gasteiger partial charge on any atom is -0.455 e. The van der Waals surface area contributed by atoms with Gasteiger partial charge in [0.15, 0.2) is 5.60 Å². The molecule has 1 spiro atoms. The Kier molecular flexibility index (Phi) is 6.88. The van der Waals surface area contributed by atoms with Crippen LogP contribution in [0.1, 0.15) is 30.1 Å². The van der Waals surface area contributed by atoms with Gasteiger partial charge in [-0.05, 0) is 24.5 Å². The largest absolute Gasteiger partial charge is 0.455 e. The van der Waals surface area contributed by atoms with Gasteiger partial charge in [-0.15, -0.1) is 0 Å². The average molecular weight is 616 g/mol. The molecule has 15 atom stereocenters. The molecular formula is C32H41NO11. The van der Waals surface area contributed by atoms with Gasteiger partial charge in [0.05, 0.1) is 47.9 Å². The second-order valence-corrected chi connectivity index (χ2v) is 13.5. The molecule has 1 unspecified atom stereocenters. The number of methoxy groups -OCH3 is 4. The number of carbonyl (C=O) groups is 2. The fourth-order valence-corrected chi connectivity index (χ4v) is 11.3. The van der Waals surface area contributed by atoms with Crippen molar-refractivity contribution in [2.24, 2.45) is 39.5 Å². The van der Waals surface area contributed by atoms with Gasteiger partial charge in [0.1, 0.15) is 23.9 Å². The first-order valence-electron chi connectivity index (χ1n) is 15.2. The number of hydrogen-bond donors (Lipinski definition) is 3. The first-order chi connectivity index (χ1) is 21.0. The lowest BCUT2D eigenvalue weighted by atomic mass is 9.43. The van der Waals surface area contributed by atoms with Crippen molar-refractivity contribution in [3.8, 4) is 0 Å². The summed E-state index contributed by atoms with van der Waals surface area (Å²) in [5.41, 5.74) is -5.16. The molecule has 6 aliphatic rings. The van der Waals surface area contributed by atoms with Crippen LogP contribution >= 0.6 is 0 Å². The van der Waals surface area contributed by atoms with Crippen LogP contribution in [0.5, 0.6) is 0 Å². The van der Waals surface area contributed by atoms with Gasteiger partial charge in [-0.3, -0.25) is 9.79 Å². The van der Waals surface area contributed by atoms with Crippen LogP contribution in [0.4, 0.5) is 0 Å². The Morgan fingerprint density at radius 2 is 1.73 bits per heavy atom. The highest BCUT2D eigenvalue weighted by atomic mass is 16.6. The monoisotopic (exact) mass is 615 g/mol. The van der Waals surface area contributed by atoms with Crippen LogP contribution in [0.15, 0.2) is 35.3 Å². The van der Waals surface area contributed by atoms with E-state index in [0.29, 0.717) is 0 Å². The third-order valence-electron chi connectivity index (χ3n) is 12.2. The molecule has 240 valence electrons. The number of fused-ring (bicyclic) bond motifs is 2. The summed E-state index contributed by atoms with van der Waals surface area (Å²) in [7, 11) is 6.08. The van der Waals surface area contributed by atoms with Crippen molar-refractivity contribution in [1.82, 2.24) is 0 Å². The molecule has 7 bridgehead atoms. The average Bonchev–Trinajstić information content (AvgIpc) is 3.35. The number of aliphatic hydroxyl groups is 3. The van der Waals surface area contributed by atoms with E-state index in [4.69, 9.17) is 33.4 Å². The number of ether oxygens (including phenoxy) is 6. The van der Waals surface area contributed by atoms with Gasteiger partial charge in [-0.2, -0.15) is 0 Å². The lowest BCUT2D eigenvalue weighted by Crippen LogP contribution is -2.78. The summed E-state index contributed by atoms with van der Waals surface area (Å²) in [5.74, 6) is -3.99. The molecule has 5 saturated carbocycles. The van der Waals surface area contributed by atoms with Gasteiger partial charge >= 0.3 is 11.9 Å². The molecule has 44 heavy (non-hydrogen) atoms. The zero-order chi connectivity index (χ0) is 31.4. The summed E-state index contributed by atoms with van der Waals surface area (Å²) in [6, 6.07) is 7.86.